The fraction of sp³-hybridized carbons (Fsp3) is 0.278. The zero-order valence-corrected chi connectivity index (χ0v) is 12.8. The number of piperidine rings is 1. The lowest BCUT2D eigenvalue weighted by atomic mass is 9.98. The topological polar surface area (TPSA) is 61.9 Å². The number of fused-ring (bicyclic) bond motifs is 1. The molecule has 0 radical (unpaired) electrons. The van der Waals surface area contributed by atoms with Gasteiger partial charge >= 0.3 is 0 Å². The second kappa shape index (κ2) is 5.83. The van der Waals surface area contributed by atoms with Crippen LogP contribution in [0.5, 0.6) is 0 Å². The highest BCUT2D eigenvalue weighted by atomic mass is 16.2. The number of nitrogens with one attached hydrogen (secondary N) is 1. The van der Waals surface area contributed by atoms with Gasteiger partial charge in [0.25, 0.3) is 5.91 Å². The number of benzene rings is 1. The first-order valence-electron chi connectivity index (χ1n) is 7.98. The number of carbonyl (C=O) groups excluding carboxylic acids is 1. The summed E-state index contributed by atoms with van der Waals surface area (Å²) < 4.78 is 0. The van der Waals surface area contributed by atoms with Crippen LogP contribution in [0.1, 0.15) is 41.5 Å². The fourth-order valence-corrected chi connectivity index (χ4v) is 3.38. The molecule has 0 unspecified atom stereocenters. The van der Waals surface area contributed by atoms with Crippen LogP contribution in [0.4, 0.5) is 0 Å². The molecule has 23 heavy (non-hydrogen) atoms. The zero-order chi connectivity index (χ0) is 15.6. The third-order valence-corrected chi connectivity index (χ3v) is 4.52. The Labute approximate surface area is 134 Å². The first-order valence-corrected chi connectivity index (χ1v) is 7.98. The number of hydrogen-bond donors (Lipinski definition) is 1. The molecule has 1 atom stereocenters. The van der Waals surface area contributed by atoms with Gasteiger partial charge in [0.2, 0.25) is 0 Å². The van der Waals surface area contributed by atoms with Gasteiger partial charge in [-0.15, -0.1) is 0 Å². The van der Waals surface area contributed by atoms with Gasteiger partial charge in [-0.2, -0.15) is 5.10 Å². The van der Waals surface area contributed by atoms with Crippen LogP contribution in [-0.4, -0.2) is 32.5 Å². The molecule has 4 rings (SSSR count). The molecule has 1 N–H and O–H groups in total. The van der Waals surface area contributed by atoms with E-state index in [1.807, 2.05) is 41.3 Å². The summed E-state index contributed by atoms with van der Waals surface area (Å²) in [6.07, 6.45) is 6.56. The van der Waals surface area contributed by atoms with E-state index in [1.165, 1.54) is 0 Å². The molecule has 1 aliphatic rings. The molecular formula is C18H18N4O. The number of nitrogens with zero attached hydrogens (tertiary/aromatic N) is 3. The van der Waals surface area contributed by atoms with E-state index >= 15 is 0 Å². The number of amides is 1. The molecule has 0 saturated carbocycles. The van der Waals surface area contributed by atoms with Crippen LogP contribution in [0.25, 0.3) is 10.8 Å². The maximum absolute atomic E-state index is 13.1. The minimum absolute atomic E-state index is 0.00102. The quantitative estimate of drug-likeness (QED) is 0.790. The molecule has 0 bridgehead atoms. The van der Waals surface area contributed by atoms with Crippen molar-refractivity contribution < 1.29 is 4.79 Å². The summed E-state index contributed by atoms with van der Waals surface area (Å²) in [4.78, 5) is 19.5. The summed E-state index contributed by atoms with van der Waals surface area (Å²) >= 11 is 0. The first kappa shape index (κ1) is 13.9. The maximum Gasteiger partial charge on any atom is 0.273 e. The van der Waals surface area contributed by atoms with E-state index in [2.05, 4.69) is 15.2 Å². The van der Waals surface area contributed by atoms with E-state index in [0.29, 0.717) is 5.69 Å². The summed E-state index contributed by atoms with van der Waals surface area (Å²) in [5.41, 5.74) is 1.54. The second-order valence-corrected chi connectivity index (χ2v) is 5.90. The average Bonchev–Trinajstić information content (AvgIpc) is 3.15. The van der Waals surface area contributed by atoms with Gasteiger partial charge in [0.1, 0.15) is 5.69 Å². The molecule has 0 spiro atoms. The Bertz CT molecular complexity index is 823. The highest BCUT2D eigenvalue weighted by Crippen LogP contribution is 2.31. The van der Waals surface area contributed by atoms with Crippen LogP contribution < -0.4 is 0 Å². The van der Waals surface area contributed by atoms with Gasteiger partial charge < -0.3 is 4.90 Å². The van der Waals surface area contributed by atoms with Gasteiger partial charge in [0, 0.05) is 24.3 Å². The summed E-state index contributed by atoms with van der Waals surface area (Å²) in [5.74, 6) is 0.00102. The SMILES string of the molecule is O=C(c1nccc2ccccc12)N1CCCC[C@H]1c1ccn[nH]1. The van der Waals surface area contributed by atoms with Crippen LogP contribution in [0, 0.1) is 0 Å². The predicted octanol–water partition coefficient (Wildman–Crippen LogP) is 3.33. The number of aromatic amines is 1. The van der Waals surface area contributed by atoms with Crippen LogP contribution in [-0.2, 0) is 0 Å². The van der Waals surface area contributed by atoms with Gasteiger partial charge in [-0.25, -0.2) is 0 Å². The number of likely N-dealkylation sites (tertiary alicyclic amines) is 1. The molecule has 1 aromatic carbocycles. The minimum atomic E-state index is 0.00102. The molecule has 1 fully saturated rings. The van der Waals surface area contributed by atoms with Gasteiger partial charge in [0.05, 0.1) is 11.7 Å². The molecular weight excluding hydrogens is 288 g/mol. The Hall–Kier alpha value is -2.69. The van der Waals surface area contributed by atoms with Crippen LogP contribution in [0.3, 0.4) is 0 Å². The van der Waals surface area contributed by atoms with Crippen molar-refractivity contribution in [3.8, 4) is 0 Å². The number of rotatable bonds is 2. The van der Waals surface area contributed by atoms with Crippen LogP contribution in [0.15, 0.2) is 48.8 Å². The number of carbonyl (C=O) groups is 1. The molecule has 1 aliphatic heterocycles. The Kier molecular flexibility index (Phi) is 3.54. The third-order valence-electron chi connectivity index (χ3n) is 4.52. The third kappa shape index (κ3) is 2.48. The molecule has 3 aromatic rings. The lowest BCUT2D eigenvalue weighted by molar-refractivity contribution is 0.0602. The van der Waals surface area contributed by atoms with E-state index in [9.17, 15) is 4.79 Å². The van der Waals surface area contributed by atoms with Gasteiger partial charge in [0.15, 0.2) is 0 Å². The number of hydrogen-bond acceptors (Lipinski definition) is 3. The van der Waals surface area contributed by atoms with Crippen molar-refractivity contribution in [3.05, 3.63) is 60.2 Å². The lowest BCUT2D eigenvalue weighted by Gasteiger charge is -2.35. The Morgan fingerprint density at radius 3 is 2.91 bits per heavy atom. The second-order valence-electron chi connectivity index (χ2n) is 5.90. The highest BCUT2D eigenvalue weighted by molar-refractivity contribution is 6.05. The molecule has 1 amide bonds. The lowest BCUT2D eigenvalue weighted by Crippen LogP contribution is -2.39. The number of aromatic nitrogens is 3. The Morgan fingerprint density at radius 1 is 1.13 bits per heavy atom. The van der Waals surface area contributed by atoms with Crippen molar-refractivity contribution in [1.29, 1.82) is 0 Å². The Morgan fingerprint density at radius 2 is 2.04 bits per heavy atom. The zero-order valence-electron chi connectivity index (χ0n) is 12.8. The van der Waals surface area contributed by atoms with E-state index in [0.717, 1.165) is 42.3 Å². The van der Waals surface area contributed by atoms with Gasteiger partial charge in [-0.05, 0) is 36.8 Å². The summed E-state index contributed by atoms with van der Waals surface area (Å²) in [5, 5.41) is 9.00. The van der Waals surface area contributed by atoms with E-state index in [4.69, 9.17) is 0 Å². The molecule has 5 nitrogen and oxygen atoms in total. The fourth-order valence-electron chi connectivity index (χ4n) is 3.38. The summed E-state index contributed by atoms with van der Waals surface area (Å²) in [6.45, 7) is 0.757. The van der Waals surface area contributed by atoms with Crippen molar-refractivity contribution in [2.75, 3.05) is 6.54 Å². The van der Waals surface area contributed by atoms with E-state index < -0.39 is 0 Å². The Balaban J connectivity index is 1.74. The van der Waals surface area contributed by atoms with Crippen LogP contribution >= 0.6 is 0 Å². The van der Waals surface area contributed by atoms with Gasteiger partial charge in [-0.3, -0.25) is 14.9 Å². The van der Waals surface area contributed by atoms with Gasteiger partial charge in [-0.1, -0.05) is 24.3 Å². The first-order chi connectivity index (χ1) is 11.3. The molecule has 3 heterocycles. The molecule has 1 saturated heterocycles. The van der Waals surface area contributed by atoms with Crippen LogP contribution in [0.2, 0.25) is 0 Å². The number of pyridine rings is 1. The standard InChI is InChI=1S/C18H18N4O/c23-18(17-14-6-2-1-5-13(14)8-10-19-17)22-12-4-3-7-16(22)15-9-11-20-21-15/h1-2,5-6,8-11,16H,3-4,7,12H2,(H,20,21)/t16-/m0/s1. The molecule has 0 aliphatic carbocycles. The monoisotopic (exact) mass is 306 g/mol. The molecule has 2 aromatic heterocycles. The number of H-pyrrole nitrogens is 1. The minimum Gasteiger partial charge on any atom is -0.329 e. The van der Waals surface area contributed by atoms with Crippen molar-refractivity contribution >= 4 is 16.7 Å². The largest absolute Gasteiger partial charge is 0.329 e. The van der Waals surface area contributed by atoms with E-state index in [1.54, 1.807) is 12.4 Å². The van der Waals surface area contributed by atoms with Crippen molar-refractivity contribution in [1.82, 2.24) is 20.1 Å². The highest BCUT2D eigenvalue weighted by Gasteiger charge is 2.30. The van der Waals surface area contributed by atoms with Crippen molar-refractivity contribution in [2.24, 2.45) is 0 Å². The van der Waals surface area contributed by atoms with Crippen molar-refractivity contribution in [3.63, 3.8) is 0 Å². The normalized spacial score (nSPS) is 18.3. The smallest absolute Gasteiger partial charge is 0.273 e. The molecule has 5 heteroatoms. The van der Waals surface area contributed by atoms with Crippen molar-refractivity contribution in [2.45, 2.75) is 25.3 Å². The maximum atomic E-state index is 13.1. The predicted molar refractivity (Wildman–Crippen MR) is 88.0 cm³/mol. The van der Waals surface area contributed by atoms with E-state index in [-0.39, 0.29) is 11.9 Å². The average molecular weight is 306 g/mol. The summed E-state index contributed by atoms with van der Waals surface area (Å²) in [6, 6.07) is 11.8. The summed E-state index contributed by atoms with van der Waals surface area (Å²) in [7, 11) is 0. The molecule has 116 valence electrons.